The van der Waals surface area contributed by atoms with Crippen molar-refractivity contribution in [3.63, 3.8) is 0 Å². The predicted octanol–water partition coefficient (Wildman–Crippen LogP) is 4.33. The highest BCUT2D eigenvalue weighted by Crippen LogP contribution is 2.29. The van der Waals surface area contributed by atoms with Crippen LogP contribution in [0, 0.1) is 0 Å². The van der Waals surface area contributed by atoms with Crippen molar-refractivity contribution in [2.24, 2.45) is 0 Å². The van der Waals surface area contributed by atoms with Crippen molar-refractivity contribution in [3.8, 4) is 5.75 Å². The van der Waals surface area contributed by atoms with Crippen LogP contribution >= 0.6 is 0 Å². The summed E-state index contributed by atoms with van der Waals surface area (Å²) in [7, 11) is 3.02. The molecule has 1 unspecified atom stereocenters. The minimum absolute atomic E-state index is 0.260. The summed E-state index contributed by atoms with van der Waals surface area (Å²) in [4.78, 5) is 17.4. The highest BCUT2D eigenvalue weighted by molar-refractivity contribution is 5.97. The van der Waals surface area contributed by atoms with E-state index in [4.69, 9.17) is 9.47 Å². The van der Waals surface area contributed by atoms with Crippen molar-refractivity contribution >= 4 is 17.3 Å². The van der Waals surface area contributed by atoms with Crippen molar-refractivity contribution in [3.05, 3.63) is 90.0 Å². The lowest BCUT2D eigenvalue weighted by Gasteiger charge is -2.40. The molecule has 1 N–H and O–H groups in total. The first-order valence-corrected chi connectivity index (χ1v) is 11.8. The molecule has 1 saturated heterocycles. The maximum absolute atomic E-state index is 12.4. The summed E-state index contributed by atoms with van der Waals surface area (Å²) in [6.45, 7) is 4.60. The van der Waals surface area contributed by atoms with Crippen LogP contribution in [-0.4, -0.2) is 63.9 Å². The molecular weight excluding hydrogens is 426 g/mol. The monoisotopic (exact) mass is 459 g/mol. The first-order valence-electron chi connectivity index (χ1n) is 11.8. The molecular formula is C28H33N3O3. The fourth-order valence-electron chi connectivity index (χ4n) is 4.58. The summed E-state index contributed by atoms with van der Waals surface area (Å²) in [5.74, 6) is 0.257. The fraction of sp³-hybridized carbons (Fsp3) is 0.321. The topological polar surface area (TPSA) is 54.0 Å². The first-order chi connectivity index (χ1) is 16.7. The number of anilines is 2. The molecule has 178 valence electrons. The molecule has 1 aliphatic rings. The van der Waals surface area contributed by atoms with Gasteiger partial charge in [-0.15, -0.1) is 0 Å². The van der Waals surface area contributed by atoms with Crippen molar-refractivity contribution < 1.29 is 14.3 Å². The molecule has 3 aromatic carbocycles. The fourth-order valence-corrected chi connectivity index (χ4v) is 4.58. The minimum Gasteiger partial charge on any atom is -0.495 e. The Hall–Kier alpha value is -3.51. The van der Waals surface area contributed by atoms with Crippen molar-refractivity contribution in [1.82, 2.24) is 4.90 Å². The number of rotatable bonds is 9. The average Bonchev–Trinajstić information content (AvgIpc) is 2.91. The lowest BCUT2D eigenvalue weighted by molar-refractivity contribution is 0.0601. The SMILES string of the molecule is COC(=O)c1cccc(OC)c1NCC(Cc1ccccc1)N1CCN(c2ccccc2)CC1. The summed E-state index contributed by atoms with van der Waals surface area (Å²) in [5.41, 5.74) is 3.73. The van der Waals surface area contributed by atoms with Crippen molar-refractivity contribution in [1.29, 1.82) is 0 Å². The van der Waals surface area contributed by atoms with Crippen molar-refractivity contribution in [2.75, 3.05) is 57.2 Å². The Bertz CT molecular complexity index is 1050. The molecule has 0 aromatic heterocycles. The van der Waals surface area contributed by atoms with Gasteiger partial charge in [-0.2, -0.15) is 0 Å². The molecule has 4 rings (SSSR count). The molecule has 0 bridgehead atoms. The number of para-hydroxylation sites is 2. The van der Waals surface area contributed by atoms with Gasteiger partial charge in [-0.3, -0.25) is 4.90 Å². The number of nitrogens with zero attached hydrogens (tertiary/aromatic N) is 2. The largest absolute Gasteiger partial charge is 0.495 e. The Kier molecular flexibility index (Phi) is 8.04. The second kappa shape index (κ2) is 11.6. The van der Waals surface area contributed by atoms with E-state index in [9.17, 15) is 4.79 Å². The maximum Gasteiger partial charge on any atom is 0.340 e. The zero-order chi connectivity index (χ0) is 23.8. The van der Waals surface area contributed by atoms with Crippen LogP contribution in [0.1, 0.15) is 15.9 Å². The third-order valence-electron chi connectivity index (χ3n) is 6.43. The number of carbonyl (C=O) groups is 1. The van der Waals surface area contributed by atoms with E-state index in [0.29, 0.717) is 23.5 Å². The normalized spacial score (nSPS) is 14.9. The van der Waals surface area contributed by atoms with Crippen LogP contribution < -0.4 is 15.0 Å². The molecule has 6 nitrogen and oxygen atoms in total. The van der Waals surface area contributed by atoms with Gasteiger partial charge in [0, 0.05) is 44.5 Å². The molecule has 0 spiro atoms. The van der Waals surface area contributed by atoms with Gasteiger partial charge in [-0.1, -0.05) is 54.6 Å². The van der Waals surface area contributed by atoms with Crippen LogP contribution in [0.2, 0.25) is 0 Å². The molecule has 0 amide bonds. The Balaban J connectivity index is 1.51. The van der Waals surface area contributed by atoms with Crippen LogP contribution in [0.15, 0.2) is 78.9 Å². The number of carbonyl (C=O) groups excluding carboxylic acids is 1. The molecule has 3 aromatic rings. The van der Waals surface area contributed by atoms with Crippen LogP contribution in [-0.2, 0) is 11.2 Å². The van der Waals surface area contributed by atoms with E-state index in [1.807, 2.05) is 12.1 Å². The molecule has 0 saturated carbocycles. The third-order valence-corrected chi connectivity index (χ3v) is 6.43. The summed E-state index contributed by atoms with van der Waals surface area (Å²) < 4.78 is 10.5. The lowest BCUT2D eigenvalue weighted by Crippen LogP contribution is -2.53. The van der Waals surface area contributed by atoms with E-state index in [-0.39, 0.29) is 12.0 Å². The summed E-state index contributed by atoms with van der Waals surface area (Å²) >= 11 is 0. The third kappa shape index (κ3) is 5.69. The lowest BCUT2D eigenvalue weighted by atomic mass is 10.0. The Morgan fingerprint density at radius 3 is 2.21 bits per heavy atom. The van der Waals surface area contributed by atoms with E-state index in [1.165, 1.54) is 18.4 Å². The van der Waals surface area contributed by atoms with Gasteiger partial charge in [0.2, 0.25) is 0 Å². The smallest absolute Gasteiger partial charge is 0.340 e. The molecule has 1 atom stereocenters. The quantitative estimate of drug-likeness (QED) is 0.481. The molecule has 1 fully saturated rings. The maximum atomic E-state index is 12.4. The van der Waals surface area contributed by atoms with Gasteiger partial charge in [-0.25, -0.2) is 4.79 Å². The molecule has 34 heavy (non-hydrogen) atoms. The van der Waals surface area contributed by atoms with Gasteiger partial charge >= 0.3 is 5.97 Å². The van der Waals surface area contributed by atoms with Crippen molar-refractivity contribution in [2.45, 2.75) is 12.5 Å². The van der Waals surface area contributed by atoms with Gasteiger partial charge in [0.25, 0.3) is 0 Å². The van der Waals surface area contributed by atoms with Crippen LogP contribution in [0.5, 0.6) is 5.75 Å². The van der Waals surface area contributed by atoms with E-state index >= 15 is 0 Å². The summed E-state index contributed by atoms with van der Waals surface area (Å²) in [5, 5.41) is 3.53. The number of methoxy groups -OCH3 is 2. The standard InChI is InChI=1S/C28H33N3O3/c1-33-26-15-9-14-25(28(32)34-2)27(26)29-21-24(20-22-10-5-3-6-11-22)31-18-16-30(17-19-31)23-12-7-4-8-13-23/h3-15,24,29H,16-21H2,1-2H3. The van der Waals surface area contributed by atoms with Gasteiger partial charge in [0.1, 0.15) is 5.75 Å². The zero-order valence-corrected chi connectivity index (χ0v) is 19.9. The molecule has 1 heterocycles. The highest BCUT2D eigenvalue weighted by atomic mass is 16.5. The molecule has 6 heteroatoms. The number of piperazine rings is 1. The van der Waals surface area contributed by atoms with Gasteiger partial charge < -0.3 is 19.7 Å². The number of hydrogen-bond donors (Lipinski definition) is 1. The second-order valence-electron chi connectivity index (χ2n) is 8.46. The van der Waals surface area contributed by atoms with Crippen LogP contribution in [0.25, 0.3) is 0 Å². The highest BCUT2D eigenvalue weighted by Gasteiger charge is 2.25. The second-order valence-corrected chi connectivity index (χ2v) is 8.46. The molecule has 0 radical (unpaired) electrons. The number of hydrogen-bond acceptors (Lipinski definition) is 6. The van der Waals surface area contributed by atoms with Gasteiger partial charge in [0.05, 0.1) is 25.5 Å². The number of nitrogens with one attached hydrogen (secondary N) is 1. The molecule has 1 aliphatic heterocycles. The number of benzene rings is 3. The summed E-state index contributed by atoms with van der Waals surface area (Å²) in [6, 6.07) is 26.9. The minimum atomic E-state index is -0.377. The van der Waals surface area contributed by atoms with Crippen LogP contribution in [0.4, 0.5) is 11.4 Å². The molecule has 0 aliphatic carbocycles. The van der Waals surface area contributed by atoms with Gasteiger partial charge in [0.15, 0.2) is 0 Å². The van der Waals surface area contributed by atoms with E-state index in [2.05, 4.69) is 69.7 Å². The Morgan fingerprint density at radius 1 is 0.882 bits per heavy atom. The van der Waals surface area contributed by atoms with E-state index in [0.717, 1.165) is 32.6 Å². The summed E-state index contributed by atoms with van der Waals surface area (Å²) in [6.07, 6.45) is 0.919. The van der Waals surface area contributed by atoms with E-state index < -0.39 is 0 Å². The van der Waals surface area contributed by atoms with E-state index in [1.54, 1.807) is 19.2 Å². The predicted molar refractivity (Wildman–Crippen MR) is 137 cm³/mol. The Labute approximate surface area is 202 Å². The van der Waals surface area contributed by atoms with Gasteiger partial charge in [-0.05, 0) is 36.2 Å². The Morgan fingerprint density at radius 2 is 1.56 bits per heavy atom. The average molecular weight is 460 g/mol. The first kappa shape index (κ1) is 23.6. The van der Waals surface area contributed by atoms with Crippen LogP contribution in [0.3, 0.4) is 0 Å². The number of ether oxygens (including phenoxy) is 2. The zero-order valence-electron chi connectivity index (χ0n) is 19.9. The number of esters is 1.